The minimum absolute atomic E-state index is 0.00953. The van der Waals surface area contributed by atoms with Gasteiger partial charge in [0.2, 0.25) is 17.4 Å². The van der Waals surface area contributed by atoms with E-state index in [4.69, 9.17) is 9.47 Å². The zero-order chi connectivity index (χ0) is 31.0. The fourth-order valence-electron chi connectivity index (χ4n) is 8.05. The van der Waals surface area contributed by atoms with Gasteiger partial charge in [-0.1, -0.05) is 20.8 Å². The highest BCUT2D eigenvalue weighted by Gasteiger charge is 2.65. The molecular formula is C30H35F2N5O6. The molecule has 9 atom stereocenters. The van der Waals surface area contributed by atoms with Crippen LogP contribution in [0.4, 0.5) is 19.3 Å². The van der Waals surface area contributed by atoms with Crippen molar-refractivity contribution in [2.45, 2.75) is 69.9 Å². The summed E-state index contributed by atoms with van der Waals surface area (Å²) in [5.74, 6) is -3.15. The van der Waals surface area contributed by atoms with Gasteiger partial charge in [-0.15, -0.1) is 0 Å². The van der Waals surface area contributed by atoms with Crippen LogP contribution in [-0.4, -0.2) is 83.7 Å². The standard InChI is InChI=1S/C30H35F2N5O6/c1-29(2,3)24(35-28(41)42-4)26(39)36-12-18-14-7-17(19(32)8-14)22(18)23(36)25(38)37-13-30(10-16(37)11-33)27(40)34-20-6-5-15(31)9-21(20)43-30/h5-6,9,14,16-19,22-24H,7-8,10,12-13H2,1-4H3,(H,34,40)(H,35,41). The number of amides is 4. The van der Waals surface area contributed by atoms with Crippen molar-refractivity contribution in [3.05, 3.63) is 24.0 Å². The molecule has 13 heteroatoms. The number of carbonyl (C=O) groups is 4. The van der Waals surface area contributed by atoms with E-state index in [9.17, 15) is 28.8 Å². The van der Waals surface area contributed by atoms with E-state index < -0.39 is 76.8 Å². The van der Waals surface area contributed by atoms with Crippen LogP contribution < -0.4 is 15.4 Å². The number of likely N-dealkylation sites (tertiary alicyclic amines) is 2. The molecule has 2 saturated carbocycles. The van der Waals surface area contributed by atoms with Crippen LogP contribution in [0, 0.1) is 46.2 Å². The lowest BCUT2D eigenvalue weighted by Gasteiger charge is -2.38. The highest BCUT2D eigenvalue weighted by molar-refractivity contribution is 6.02. The van der Waals surface area contributed by atoms with E-state index in [2.05, 4.69) is 16.7 Å². The van der Waals surface area contributed by atoms with Crippen LogP contribution in [0.25, 0.3) is 0 Å². The van der Waals surface area contributed by atoms with Crippen molar-refractivity contribution >= 4 is 29.5 Å². The molecule has 2 aliphatic carbocycles. The zero-order valence-electron chi connectivity index (χ0n) is 24.4. The fourth-order valence-corrected chi connectivity index (χ4v) is 8.05. The maximum atomic E-state index is 15.2. The first-order valence-corrected chi connectivity index (χ1v) is 14.6. The van der Waals surface area contributed by atoms with E-state index in [-0.39, 0.29) is 42.8 Å². The maximum Gasteiger partial charge on any atom is 0.407 e. The van der Waals surface area contributed by atoms with Gasteiger partial charge >= 0.3 is 6.09 Å². The van der Waals surface area contributed by atoms with Crippen molar-refractivity contribution in [3.8, 4) is 11.8 Å². The molecule has 2 bridgehead atoms. The Balaban J connectivity index is 1.35. The largest absolute Gasteiger partial charge is 0.473 e. The van der Waals surface area contributed by atoms with E-state index in [1.807, 2.05) is 0 Å². The number of benzene rings is 1. The highest BCUT2D eigenvalue weighted by atomic mass is 19.1. The summed E-state index contributed by atoms with van der Waals surface area (Å²) < 4.78 is 39.9. The second kappa shape index (κ2) is 10.1. The lowest BCUT2D eigenvalue weighted by atomic mass is 9.77. The zero-order valence-corrected chi connectivity index (χ0v) is 24.4. The molecule has 4 fully saturated rings. The summed E-state index contributed by atoms with van der Waals surface area (Å²) in [7, 11) is 1.19. The van der Waals surface area contributed by atoms with Gasteiger partial charge in [-0.25, -0.2) is 13.6 Å². The number of rotatable bonds is 3. The monoisotopic (exact) mass is 599 g/mol. The molecule has 1 aromatic carbocycles. The van der Waals surface area contributed by atoms with Crippen LogP contribution in [0.3, 0.4) is 0 Å². The third kappa shape index (κ3) is 4.57. The van der Waals surface area contributed by atoms with Gasteiger partial charge in [0, 0.05) is 19.0 Å². The van der Waals surface area contributed by atoms with Crippen LogP contribution in [0.15, 0.2) is 18.2 Å². The summed E-state index contributed by atoms with van der Waals surface area (Å²) in [6, 6.07) is 2.53. The maximum absolute atomic E-state index is 15.2. The number of alkyl halides is 1. The first-order chi connectivity index (χ1) is 20.3. The van der Waals surface area contributed by atoms with Crippen LogP contribution in [0.1, 0.15) is 40.0 Å². The van der Waals surface area contributed by atoms with E-state index >= 15 is 4.39 Å². The SMILES string of the molecule is COC(=O)NC(C(=O)N1CC2C3CC(F)C(C3)C2C1C(=O)N1CC2(CC1C#N)Oc1cc(F)ccc1NC2=O)C(C)(C)C. The molecule has 4 amide bonds. The number of methoxy groups -OCH3 is 1. The van der Waals surface area contributed by atoms with E-state index in [0.29, 0.717) is 12.8 Å². The Kier molecular flexibility index (Phi) is 6.82. The van der Waals surface area contributed by atoms with E-state index in [0.717, 1.165) is 6.07 Å². The highest BCUT2D eigenvalue weighted by Crippen LogP contribution is 2.59. The van der Waals surface area contributed by atoms with Crippen molar-refractivity contribution in [1.29, 1.82) is 5.26 Å². The van der Waals surface area contributed by atoms with Gasteiger partial charge in [0.25, 0.3) is 5.91 Å². The Hall–Kier alpha value is -3.95. The molecule has 1 aromatic rings. The number of nitrogens with one attached hydrogen (secondary N) is 2. The molecule has 3 heterocycles. The number of alkyl carbamates (subject to hydrolysis) is 1. The Morgan fingerprint density at radius 1 is 1.23 bits per heavy atom. The predicted molar refractivity (Wildman–Crippen MR) is 146 cm³/mol. The van der Waals surface area contributed by atoms with Gasteiger partial charge in [-0.3, -0.25) is 14.4 Å². The third-order valence-corrected chi connectivity index (χ3v) is 10.0. The van der Waals surface area contributed by atoms with E-state index in [1.165, 1.54) is 29.0 Å². The van der Waals surface area contributed by atoms with Gasteiger partial charge in [-0.05, 0) is 54.1 Å². The molecule has 5 aliphatic rings. The normalized spacial score (nSPS) is 34.6. The molecule has 0 radical (unpaired) electrons. The number of ether oxygens (including phenoxy) is 2. The van der Waals surface area contributed by atoms with Gasteiger partial charge in [0.05, 0.1) is 25.4 Å². The molecule has 2 saturated heterocycles. The average Bonchev–Trinajstić information content (AvgIpc) is 3.70. The number of fused-ring (bicyclic) bond motifs is 6. The van der Waals surface area contributed by atoms with Crippen LogP contribution in [0.2, 0.25) is 0 Å². The summed E-state index contributed by atoms with van der Waals surface area (Å²) in [4.78, 5) is 56.9. The minimum Gasteiger partial charge on any atom is -0.473 e. The Morgan fingerprint density at radius 2 is 1.98 bits per heavy atom. The second-order valence-electron chi connectivity index (χ2n) is 13.5. The predicted octanol–water partition coefficient (Wildman–Crippen LogP) is 2.61. The number of halogens is 2. The van der Waals surface area contributed by atoms with Crippen LogP contribution in [-0.2, 0) is 19.1 Å². The number of anilines is 1. The average molecular weight is 600 g/mol. The number of hydrogen-bond acceptors (Lipinski definition) is 7. The summed E-state index contributed by atoms with van der Waals surface area (Å²) in [6.45, 7) is 5.23. The molecule has 43 heavy (non-hydrogen) atoms. The van der Waals surface area contributed by atoms with Crippen molar-refractivity contribution in [2.75, 3.05) is 25.5 Å². The second-order valence-corrected chi connectivity index (χ2v) is 13.5. The third-order valence-electron chi connectivity index (χ3n) is 10.0. The first-order valence-electron chi connectivity index (χ1n) is 14.6. The molecule has 230 valence electrons. The van der Waals surface area contributed by atoms with Gasteiger partial charge in [0.15, 0.2) is 0 Å². The molecule has 3 aliphatic heterocycles. The number of nitrogens with zero attached hydrogens (tertiary/aromatic N) is 3. The minimum atomic E-state index is -1.65. The van der Waals surface area contributed by atoms with E-state index in [1.54, 1.807) is 20.8 Å². The first kappa shape index (κ1) is 29.1. The Morgan fingerprint density at radius 3 is 2.65 bits per heavy atom. The Bertz CT molecular complexity index is 1430. The smallest absolute Gasteiger partial charge is 0.407 e. The van der Waals surface area contributed by atoms with Crippen molar-refractivity contribution < 1.29 is 37.4 Å². The summed E-state index contributed by atoms with van der Waals surface area (Å²) in [6.07, 6.45) is -1.10. The van der Waals surface area contributed by atoms with Crippen LogP contribution >= 0.6 is 0 Å². The molecule has 11 nitrogen and oxygen atoms in total. The summed E-state index contributed by atoms with van der Waals surface area (Å²) >= 11 is 0. The van der Waals surface area contributed by atoms with Crippen molar-refractivity contribution in [2.24, 2.45) is 29.1 Å². The molecule has 1 spiro atoms. The summed E-state index contributed by atoms with van der Waals surface area (Å²) in [5, 5.41) is 15.4. The lowest BCUT2D eigenvalue weighted by Crippen LogP contribution is -2.60. The van der Waals surface area contributed by atoms with Crippen molar-refractivity contribution in [3.63, 3.8) is 0 Å². The van der Waals surface area contributed by atoms with Crippen LogP contribution in [0.5, 0.6) is 5.75 Å². The van der Waals surface area contributed by atoms with Gasteiger partial charge < -0.3 is 29.9 Å². The quantitative estimate of drug-likeness (QED) is 0.544. The Labute approximate surface area is 247 Å². The number of nitriles is 1. The molecule has 9 unspecified atom stereocenters. The molecule has 2 N–H and O–H groups in total. The molecular weight excluding hydrogens is 564 g/mol. The lowest BCUT2D eigenvalue weighted by molar-refractivity contribution is -0.149. The number of hydrogen-bond donors (Lipinski definition) is 2. The number of carbonyl (C=O) groups excluding carboxylic acids is 4. The fraction of sp³-hybridized carbons (Fsp3) is 0.633. The topological polar surface area (TPSA) is 141 Å². The van der Waals surface area contributed by atoms with Gasteiger partial charge in [0.1, 0.15) is 35.9 Å². The molecule has 0 aromatic heterocycles. The van der Waals surface area contributed by atoms with Gasteiger partial charge in [-0.2, -0.15) is 5.26 Å². The van der Waals surface area contributed by atoms with Crippen molar-refractivity contribution in [1.82, 2.24) is 15.1 Å². The summed E-state index contributed by atoms with van der Waals surface area (Å²) in [5.41, 5.74) is -2.14. The molecule has 6 rings (SSSR count).